The van der Waals surface area contributed by atoms with Gasteiger partial charge in [-0.1, -0.05) is 36.8 Å². The van der Waals surface area contributed by atoms with Crippen LogP contribution in [0.15, 0.2) is 24.3 Å². The number of hydrogen-bond donors (Lipinski definition) is 2. The summed E-state index contributed by atoms with van der Waals surface area (Å²) < 4.78 is 0. The maximum absolute atomic E-state index is 12.4. The molecule has 0 spiro atoms. The van der Waals surface area contributed by atoms with Crippen LogP contribution < -0.4 is 10.6 Å². The number of aryl methyl sites for hydroxylation is 1. The van der Waals surface area contributed by atoms with Crippen molar-refractivity contribution in [3.05, 3.63) is 35.4 Å². The fourth-order valence-corrected chi connectivity index (χ4v) is 2.84. The molecule has 2 N–H and O–H groups in total. The largest absolute Gasteiger partial charge is 0.349 e. The molecule has 1 heterocycles. The number of amides is 1. The zero-order chi connectivity index (χ0) is 14.1. The highest BCUT2D eigenvalue weighted by atomic mass is 35.5. The lowest BCUT2D eigenvalue weighted by atomic mass is 9.87. The molecule has 2 unspecified atom stereocenters. The molecule has 1 aliphatic carbocycles. The Morgan fingerprint density at radius 1 is 1.19 bits per heavy atom. The van der Waals surface area contributed by atoms with E-state index in [1.807, 2.05) is 0 Å². The minimum Gasteiger partial charge on any atom is -0.349 e. The summed E-state index contributed by atoms with van der Waals surface area (Å²) in [6.45, 7) is 6.11. The van der Waals surface area contributed by atoms with Crippen molar-refractivity contribution < 1.29 is 4.79 Å². The second kappa shape index (κ2) is 6.80. The van der Waals surface area contributed by atoms with E-state index in [-0.39, 0.29) is 30.3 Å². The summed E-state index contributed by atoms with van der Waals surface area (Å²) in [5, 5.41) is 6.54. The van der Waals surface area contributed by atoms with Gasteiger partial charge in [0.15, 0.2) is 0 Å². The summed E-state index contributed by atoms with van der Waals surface area (Å²) in [6, 6.07) is 8.80. The lowest BCUT2D eigenvalue weighted by Crippen LogP contribution is -2.50. The summed E-state index contributed by atoms with van der Waals surface area (Å²) in [6.07, 6.45) is 2.47. The van der Waals surface area contributed by atoms with Gasteiger partial charge in [0, 0.05) is 5.92 Å². The van der Waals surface area contributed by atoms with E-state index in [0.717, 1.165) is 13.1 Å². The van der Waals surface area contributed by atoms with Gasteiger partial charge >= 0.3 is 0 Å². The molecule has 1 aromatic carbocycles. The number of nitrogens with one attached hydrogen (secondary N) is 2. The third kappa shape index (κ3) is 3.78. The van der Waals surface area contributed by atoms with E-state index in [9.17, 15) is 4.79 Å². The van der Waals surface area contributed by atoms with Crippen molar-refractivity contribution in [3.63, 3.8) is 0 Å². The molecule has 0 bridgehead atoms. The lowest BCUT2D eigenvalue weighted by molar-refractivity contribution is -0.127. The molecule has 1 saturated heterocycles. The number of carbonyl (C=O) groups is 1. The first kappa shape index (κ1) is 16.3. The first-order chi connectivity index (χ1) is 9.65. The maximum Gasteiger partial charge on any atom is 0.223 e. The zero-order valence-electron chi connectivity index (χ0n) is 12.8. The maximum atomic E-state index is 12.4. The Kier molecular flexibility index (Phi) is 5.28. The van der Waals surface area contributed by atoms with Crippen molar-refractivity contribution in [2.45, 2.75) is 32.7 Å². The molecule has 0 aromatic heterocycles. The third-order valence-electron chi connectivity index (χ3n) is 4.76. The molecule has 1 saturated carbocycles. The number of hydrogen-bond acceptors (Lipinski definition) is 2. The van der Waals surface area contributed by atoms with Crippen molar-refractivity contribution in [3.8, 4) is 0 Å². The third-order valence-corrected chi connectivity index (χ3v) is 4.76. The van der Waals surface area contributed by atoms with Gasteiger partial charge in [0.05, 0.1) is 6.04 Å². The molecule has 0 radical (unpaired) electrons. The highest BCUT2D eigenvalue weighted by molar-refractivity contribution is 5.85. The van der Waals surface area contributed by atoms with Gasteiger partial charge in [-0.3, -0.25) is 4.79 Å². The fourth-order valence-electron chi connectivity index (χ4n) is 2.84. The average molecular weight is 309 g/mol. The van der Waals surface area contributed by atoms with Gasteiger partial charge in [0.25, 0.3) is 0 Å². The van der Waals surface area contributed by atoms with Crippen molar-refractivity contribution in [1.29, 1.82) is 0 Å². The quantitative estimate of drug-likeness (QED) is 0.878. The van der Waals surface area contributed by atoms with Crippen molar-refractivity contribution >= 4 is 18.3 Å². The molecular formula is C17H25ClN2O. The predicted molar refractivity (Wildman–Crippen MR) is 87.6 cm³/mol. The molecule has 2 fully saturated rings. The van der Waals surface area contributed by atoms with E-state index >= 15 is 0 Å². The smallest absolute Gasteiger partial charge is 0.223 e. The van der Waals surface area contributed by atoms with Crippen LogP contribution in [-0.4, -0.2) is 19.0 Å². The number of halogens is 1. The van der Waals surface area contributed by atoms with Gasteiger partial charge in [-0.05, 0) is 50.3 Å². The molecule has 1 amide bonds. The Morgan fingerprint density at radius 2 is 1.81 bits per heavy atom. The van der Waals surface area contributed by atoms with Crippen molar-refractivity contribution in [1.82, 2.24) is 10.6 Å². The van der Waals surface area contributed by atoms with E-state index in [2.05, 4.69) is 48.7 Å². The van der Waals surface area contributed by atoms with Crippen LogP contribution in [0.4, 0.5) is 0 Å². The molecular weight excluding hydrogens is 284 g/mol. The number of carbonyl (C=O) groups excluding carboxylic acids is 1. The second-order valence-electron chi connectivity index (χ2n) is 6.44. The van der Waals surface area contributed by atoms with Crippen LogP contribution in [0.5, 0.6) is 0 Å². The topological polar surface area (TPSA) is 41.1 Å². The summed E-state index contributed by atoms with van der Waals surface area (Å²) in [5.41, 5.74) is 2.52. The van der Waals surface area contributed by atoms with Crippen LogP contribution in [0.3, 0.4) is 0 Å². The van der Waals surface area contributed by atoms with E-state index in [1.54, 1.807) is 0 Å². The lowest BCUT2D eigenvalue weighted by Gasteiger charge is -2.33. The van der Waals surface area contributed by atoms with E-state index in [4.69, 9.17) is 0 Å². The van der Waals surface area contributed by atoms with Gasteiger partial charge in [0.1, 0.15) is 0 Å². The Morgan fingerprint density at radius 3 is 2.29 bits per heavy atom. The van der Waals surface area contributed by atoms with Gasteiger partial charge in [0.2, 0.25) is 5.91 Å². The van der Waals surface area contributed by atoms with E-state index in [0.29, 0.717) is 11.8 Å². The molecule has 116 valence electrons. The Bertz CT molecular complexity index is 480. The van der Waals surface area contributed by atoms with Crippen molar-refractivity contribution in [2.75, 3.05) is 13.1 Å². The van der Waals surface area contributed by atoms with E-state index < -0.39 is 0 Å². The summed E-state index contributed by atoms with van der Waals surface area (Å²) in [7, 11) is 0. The Balaban J connectivity index is 0.00000161. The van der Waals surface area contributed by atoms with Crippen LogP contribution in [0.25, 0.3) is 0 Å². The highest BCUT2D eigenvalue weighted by Crippen LogP contribution is 2.41. The Hall–Kier alpha value is -1.06. The fraction of sp³-hybridized carbons (Fsp3) is 0.588. The molecule has 21 heavy (non-hydrogen) atoms. The van der Waals surface area contributed by atoms with Gasteiger partial charge in [-0.15, -0.1) is 12.4 Å². The van der Waals surface area contributed by atoms with Crippen LogP contribution in [0, 0.1) is 24.7 Å². The number of benzene rings is 1. The molecule has 1 aromatic rings. The van der Waals surface area contributed by atoms with Crippen LogP contribution in [-0.2, 0) is 4.79 Å². The zero-order valence-corrected chi connectivity index (χ0v) is 13.6. The monoisotopic (exact) mass is 308 g/mol. The molecule has 4 heteroatoms. The van der Waals surface area contributed by atoms with Crippen LogP contribution in [0.1, 0.15) is 36.9 Å². The Labute approximate surface area is 133 Å². The first-order valence-corrected chi connectivity index (χ1v) is 7.73. The standard InChI is InChI=1S/C17H24N2O.ClH/c1-11-3-5-13(6-4-11)16(14-7-8-14)19-17(20)12(2)15-9-18-10-15;/h3-6,12,14-16,18H,7-10H2,1-2H3,(H,19,20);1H. The summed E-state index contributed by atoms with van der Waals surface area (Å²) in [4.78, 5) is 12.4. The minimum absolute atomic E-state index is 0. The summed E-state index contributed by atoms with van der Waals surface area (Å²) in [5.74, 6) is 1.47. The highest BCUT2D eigenvalue weighted by Gasteiger charge is 2.36. The SMILES string of the molecule is Cc1ccc(C(NC(=O)C(C)C2CNC2)C2CC2)cc1.Cl. The molecule has 1 aliphatic heterocycles. The first-order valence-electron chi connectivity index (χ1n) is 7.73. The van der Waals surface area contributed by atoms with Crippen LogP contribution in [0.2, 0.25) is 0 Å². The van der Waals surface area contributed by atoms with Gasteiger partial charge < -0.3 is 10.6 Å². The minimum atomic E-state index is 0. The average Bonchev–Trinajstić information content (AvgIpc) is 3.19. The normalized spacial score (nSPS) is 20.9. The molecule has 3 nitrogen and oxygen atoms in total. The molecule has 3 rings (SSSR count). The molecule has 2 atom stereocenters. The summed E-state index contributed by atoms with van der Waals surface area (Å²) >= 11 is 0. The predicted octanol–water partition coefficient (Wildman–Crippen LogP) is 2.84. The second-order valence-corrected chi connectivity index (χ2v) is 6.44. The number of rotatable bonds is 5. The molecule has 2 aliphatic rings. The van der Waals surface area contributed by atoms with Crippen molar-refractivity contribution in [2.24, 2.45) is 17.8 Å². The van der Waals surface area contributed by atoms with Gasteiger partial charge in [-0.2, -0.15) is 0 Å². The van der Waals surface area contributed by atoms with E-state index in [1.165, 1.54) is 24.0 Å². The van der Waals surface area contributed by atoms with Crippen LogP contribution >= 0.6 is 12.4 Å². The van der Waals surface area contributed by atoms with Gasteiger partial charge in [-0.25, -0.2) is 0 Å².